The second-order valence-corrected chi connectivity index (χ2v) is 8.97. The van der Waals surface area contributed by atoms with Crippen LogP contribution >= 0.6 is 0 Å². The zero-order valence-electron chi connectivity index (χ0n) is 20.8. The van der Waals surface area contributed by atoms with E-state index in [4.69, 9.17) is 0 Å². The molecule has 5 rings (SSSR count). The predicted octanol–water partition coefficient (Wildman–Crippen LogP) is 4.26. The Kier molecular flexibility index (Phi) is 6.28. The van der Waals surface area contributed by atoms with Crippen LogP contribution in [0.1, 0.15) is 34.0 Å². The van der Waals surface area contributed by atoms with Crippen molar-refractivity contribution in [2.45, 2.75) is 19.8 Å². The van der Waals surface area contributed by atoms with Gasteiger partial charge in [-0.2, -0.15) is 0 Å². The van der Waals surface area contributed by atoms with Gasteiger partial charge >= 0.3 is 0 Å². The number of aryl methyl sites for hydroxylation is 2. The van der Waals surface area contributed by atoms with Crippen LogP contribution in [0.2, 0.25) is 0 Å². The molecule has 0 amide bonds. The summed E-state index contributed by atoms with van der Waals surface area (Å²) in [5.41, 5.74) is 2.23. The SMILES string of the molecule is Cc1[nH]n(-c2ccc([N+](=O)[O-])cc2)c(=O)c1C(c1ccccc1)c1c(C)[nH]n(-c2ccc([N+](=O)[O-])cc2)c1=O. The minimum atomic E-state index is -0.753. The van der Waals surface area contributed by atoms with Gasteiger partial charge in [0, 0.05) is 41.6 Å². The molecule has 12 heteroatoms. The Morgan fingerprint density at radius 3 is 1.38 bits per heavy atom. The maximum atomic E-state index is 13.8. The molecule has 0 aliphatic rings. The molecule has 196 valence electrons. The standard InChI is InChI=1S/C27H22N6O6/c1-16-23(26(34)30(28-16)19-8-12-21(13-9-19)32(36)37)25(18-6-4-3-5-7-18)24-17(2)29-31(27(24)35)20-10-14-22(15-11-20)33(38)39/h3-15,25,28-29H,1-2H3. The number of nitro benzene ring substituents is 2. The van der Waals surface area contributed by atoms with Gasteiger partial charge in [0.25, 0.3) is 22.5 Å². The zero-order valence-corrected chi connectivity index (χ0v) is 20.8. The van der Waals surface area contributed by atoms with Crippen molar-refractivity contribution in [1.82, 2.24) is 19.6 Å². The first-order valence-electron chi connectivity index (χ1n) is 11.8. The summed E-state index contributed by atoms with van der Waals surface area (Å²) in [6.45, 7) is 3.46. The third-order valence-electron chi connectivity index (χ3n) is 6.58. The highest BCUT2D eigenvalue weighted by molar-refractivity contribution is 5.49. The van der Waals surface area contributed by atoms with Crippen molar-refractivity contribution in [2.75, 3.05) is 0 Å². The number of hydrogen-bond donors (Lipinski definition) is 2. The van der Waals surface area contributed by atoms with Gasteiger partial charge < -0.3 is 0 Å². The molecule has 39 heavy (non-hydrogen) atoms. The van der Waals surface area contributed by atoms with Crippen molar-refractivity contribution in [3.63, 3.8) is 0 Å². The first-order valence-corrected chi connectivity index (χ1v) is 11.8. The highest BCUT2D eigenvalue weighted by Gasteiger charge is 2.30. The molecule has 0 radical (unpaired) electrons. The van der Waals surface area contributed by atoms with Crippen molar-refractivity contribution in [2.24, 2.45) is 0 Å². The van der Waals surface area contributed by atoms with Crippen LogP contribution in [0, 0.1) is 34.1 Å². The number of non-ortho nitro benzene ring substituents is 2. The van der Waals surface area contributed by atoms with Gasteiger partial charge in [-0.15, -0.1) is 0 Å². The van der Waals surface area contributed by atoms with Crippen LogP contribution in [0.5, 0.6) is 0 Å². The summed E-state index contributed by atoms with van der Waals surface area (Å²) in [5, 5.41) is 28.2. The summed E-state index contributed by atoms with van der Waals surface area (Å²) in [6, 6.07) is 20.3. The lowest BCUT2D eigenvalue weighted by molar-refractivity contribution is -0.385. The summed E-state index contributed by atoms with van der Waals surface area (Å²) in [7, 11) is 0. The molecule has 0 atom stereocenters. The smallest absolute Gasteiger partial charge is 0.275 e. The molecule has 0 saturated carbocycles. The average Bonchev–Trinajstić information content (AvgIpc) is 3.39. The quantitative estimate of drug-likeness (QED) is 0.238. The third-order valence-corrected chi connectivity index (χ3v) is 6.58. The molecule has 5 aromatic rings. The second kappa shape index (κ2) is 9.74. The predicted molar refractivity (Wildman–Crippen MR) is 143 cm³/mol. The van der Waals surface area contributed by atoms with Gasteiger partial charge in [-0.3, -0.25) is 40.0 Å². The van der Waals surface area contributed by atoms with Gasteiger partial charge in [-0.1, -0.05) is 30.3 Å². The van der Waals surface area contributed by atoms with E-state index in [0.717, 1.165) is 0 Å². The molecule has 2 heterocycles. The highest BCUT2D eigenvalue weighted by Crippen LogP contribution is 2.32. The number of nitro groups is 2. The van der Waals surface area contributed by atoms with Crippen molar-refractivity contribution >= 4 is 11.4 Å². The third kappa shape index (κ3) is 4.44. The lowest BCUT2D eigenvalue weighted by atomic mass is 9.85. The van der Waals surface area contributed by atoms with Gasteiger partial charge in [-0.25, -0.2) is 9.36 Å². The second-order valence-electron chi connectivity index (χ2n) is 8.97. The number of aromatic nitrogens is 4. The van der Waals surface area contributed by atoms with Gasteiger partial charge in [0.05, 0.1) is 32.3 Å². The van der Waals surface area contributed by atoms with Crippen LogP contribution in [0.25, 0.3) is 11.4 Å². The Morgan fingerprint density at radius 1 is 0.641 bits per heavy atom. The number of benzene rings is 3. The summed E-state index contributed by atoms with van der Waals surface area (Å²) >= 11 is 0. The lowest BCUT2D eigenvalue weighted by Crippen LogP contribution is -2.25. The fourth-order valence-electron chi connectivity index (χ4n) is 4.73. The van der Waals surface area contributed by atoms with Gasteiger partial charge in [0.1, 0.15) is 0 Å². The fraction of sp³-hybridized carbons (Fsp3) is 0.111. The number of nitrogens with one attached hydrogen (secondary N) is 2. The zero-order chi connectivity index (χ0) is 27.8. The van der Waals surface area contributed by atoms with Crippen molar-refractivity contribution in [3.05, 3.63) is 148 Å². The number of H-pyrrole nitrogens is 2. The summed E-state index contributed by atoms with van der Waals surface area (Å²) in [5.74, 6) is -0.753. The molecule has 2 N–H and O–H groups in total. The van der Waals surface area contributed by atoms with Crippen LogP contribution in [-0.2, 0) is 0 Å². The van der Waals surface area contributed by atoms with E-state index < -0.39 is 26.9 Å². The molecule has 2 aromatic heterocycles. The molecule has 0 fully saturated rings. The lowest BCUT2D eigenvalue weighted by Gasteiger charge is -2.15. The van der Waals surface area contributed by atoms with E-state index >= 15 is 0 Å². The number of hydrogen-bond acceptors (Lipinski definition) is 6. The Hall–Kier alpha value is -5.52. The number of nitrogens with zero attached hydrogens (tertiary/aromatic N) is 4. The topological polar surface area (TPSA) is 162 Å². The summed E-state index contributed by atoms with van der Waals surface area (Å²) in [4.78, 5) is 48.7. The van der Waals surface area contributed by atoms with Gasteiger partial charge in [0.15, 0.2) is 0 Å². The molecular formula is C27H22N6O6. The Labute approximate surface area is 220 Å². The Bertz CT molecular complexity index is 1700. The molecule has 0 saturated heterocycles. The monoisotopic (exact) mass is 526 g/mol. The molecule has 0 aliphatic carbocycles. The van der Waals surface area contributed by atoms with Crippen molar-refractivity contribution in [3.8, 4) is 11.4 Å². The molecule has 0 unspecified atom stereocenters. The van der Waals surface area contributed by atoms with Gasteiger partial charge in [-0.05, 0) is 43.7 Å². The van der Waals surface area contributed by atoms with E-state index in [2.05, 4.69) is 10.2 Å². The minimum Gasteiger partial charge on any atom is -0.295 e. The molecule has 3 aromatic carbocycles. The fourth-order valence-corrected chi connectivity index (χ4v) is 4.73. The molecule has 0 aliphatic heterocycles. The van der Waals surface area contributed by atoms with E-state index in [1.165, 1.54) is 57.9 Å². The maximum absolute atomic E-state index is 13.8. The van der Waals surface area contributed by atoms with Crippen molar-refractivity contribution < 1.29 is 9.85 Å². The normalized spacial score (nSPS) is 11.2. The Morgan fingerprint density at radius 2 is 1.03 bits per heavy atom. The van der Waals surface area contributed by atoms with E-state index in [1.54, 1.807) is 13.8 Å². The van der Waals surface area contributed by atoms with Crippen LogP contribution in [0.15, 0.2) is 88.5 Å². The average molecular weight is 527 g/mol. The van der Waals surface area contributed by atoms with Crippen LogP contribution in [0.4, 0.5) is 11.4 Å². The van der Waals surface area contributed by atoms with E-state index in [-0.39, 0.29) is 11.4 Å². The number of rotatable bonds is 7. The maximum Gasteiger partial charge on any atom is 0.275 e. The molecular weight excluding hydrogens is 504 g/mol. The summed E-state index contributed by atoms with van der Waals surface area (Å²) < 4.78 is 2.59. The van der Waals surface area contributed by atoms with Gasteiger partial charge in [0.2, 0.25) is 0 Å². The number of aromatic amines is 2. The first kappa shape index (κ1) is 25.1. The van der Waals surface area contributed by atoms with Crippen molar-refractivity contribution in [1.29, 1.82) is 0 Å². The Balaban J connectivity index is 1.68. The first-order chi connectivity index (χ1) is 18.7. The largest absolute Gasteiger partial charge is 0.295 e. The van der Waals surface area contributed by atoms with E-state index in [9.17, 15) is 29.8 Å². The van der Waals surface area contributed by atoms with Crippen LogP contribution in [-0.4, -0.2) is 29.4 Å². The minimum absolute atomic E-state index is 0.104. The highest BCUT2D eigenvalue weighted by atomic mass is 16.6. The summed E-state index contributed by atoms with van der Waals surface area (Å²) in [6.07, 6.45) is 0. The molecule has 0 bridgehead atoms. The van der Waals surface area contributed by atoms with E-state index in [0.29, 0.717) is 39.5 Å². The van der Waals surface area contributed by atoms with Crippen LogP contribution < -0.4 is 11.1 Å². The van der Waals surface area contributed by atoms with E-state index in [1.807, 2.05) is 30.3 Å². The molecule has 12 nitrogen and oxygen atoms in total. The molecule has 0 spiro atoms. The van der Waals surface area contributed by atoms with Crippen LogP contribution in [0.3, 0.4) is 0 Å².